The maximum Gasteiger partial charge on any atom is 0.322 e. The van der Waals surface area contributed by atoms with Gasteiger partial charge in [0.2, 0.25) is 0 Å². The standard InChI is InChI=1S/C16H15Cl2NO3/c1-21-16(20)15(19)6-10-3-2-4-13(5-10)22-14-8-11(17)7-12(18)9-14/h2-5,7-9,15H,6,19H2,1H3. The zero-order valence-electron chi connectivity index (χ0n) is 11.9. The van der Waals surface area contributed by atoms with E-state index in [-0.39, 0.29) is 0 Å². The van der Waals surface area contributed by atoms with Gasteiger partial charge in [-0.2, -0.15) is 0 Å². The summed E-state index contributed by atoms with van der Waals surface area (Å²) < 4.78 is 10.3. The van der Waals surface area contributed by atoms with E-state index in [0.717, 1.165) is 5.56 Å². The van der Waals surface area contributed by atoms with Crippen LogP contribution in [0.5, 0.6) is 11.5 Å². The summed E-state index contributed by atoms with van der Waals surface area (Å²) >= 11 is 11.9. The highest BCUT2D eigenvalue weighted by atomic mass is 35.5. The molecule has 116 valence electrons. The molecule has 2 N–H and O–H groups in total. The van der Waals surface area contributed by atoms with Crippen molar-refractivity contribution >= 4 is 29.2 Å². The highest BCUT2D eigenvalue weighted by Gasteiger charge is 2.14. The topological polar surface area (TPSA) is 61.5 Å². The molecule has 1 unspecified atom stereocenters. The minimum absolute atomic E-state index is 0.361. The second kappa shape index (κ2) is 7.49. The molecular formula is C16H15Cl2NO3. The number of halogens is 2. The molecule has 22 heavy (non-hydrogen) atoms. The van der Waals surface area contributed by atoms with Crippen LogP contribution in [0.2, 0.25) is 10.0 Å². The maximum atomic E-state index is 11.4. The first-order valence-electron chi connectivity index (χ1n) is 6.54. The average molecular weight is 340 g/mol. The molecule has 0 aliphatic rings. The van der Waals surface area contributed by atoms with Crippen molar-refractivity contribution in [3.8, 4) is 11.5 Å². The van der Waals surface area contributed by atoms with Gasteiger partial charge in [0.1, 0.15) is 17.5 Å². The van der Waals surface area contributed by atoms with Crippen LogP contribution in [0.15, 0.2) is 42.5 Å². The summed E-state index contributed by atoms with van der Waals surface area (Å²) in [5.74, 6) is 0.688. The molecule has 6 heteroatoms. The van der Waals surface area contributed by atoms with Crippen molar-refractivity contribution < 1.29 is 14.3 Å². The van der Waals surface area contributed by atoms with E-state index in [0.29, 0.717) is 28.0 Å². The van der Waals surface area contributed by atoms with Crippen molar-refractivity contribution in [3.05, 3.63) is 58.1 Å². The van der Waals surface area contributed by atoms with Gasteiger partial charge in [0.25, 0.3) is 0 Å². The van der Waals surface area contributed by atoms with Gasteiger partial charge in [-0.1, -0.05) is 35.3 Å². The molecule has 0 aliphatic heterocycles. The number of methoxy groups -OCH3 is 1. The molecule has 0 heterocycles. The van der Waals surface area contributed by atoms with E-state index in [1.54, 1.807) is 30.3 Å². The molecule has 2 aromatic rings. The van der Waals surface area contributed by atoms with Gasteiger partial charge in [0.15, 0.2) is 0 Å². The number of ether oxygens (including phenoxy) is 2. The molecule has 4 nitrogen and oxygen atoms in total. The van der Waals surface area contributed by atoms with Gasteiger partial charge in [0.05, 0.1) is 7.11 Å². The summed E-state index contributed by atoms with van der Waals surface area (Å²) in [4.78, 5) is 11.4. The van der Waals surface area contributed by atoms with E-state index >= 15 is 0 Å². The Kier molecular flexibility index (Phi) is 5.66. The highest BCUT2D eigenvalue weighted by Crippen LogP contribution is 2.28. The fourth-order valence-corrected chi connectivity index (χ4v) is 2.45. The lowest BCUT2D eigenvalue weighted by Crippen LogP contribution is -2.33. The third-order valence-electron chi connectivity index (χ3n) is 2.93. The van der Waals surface area contributed by atoms with Gasteiger partial charge in [0, 0.05) is 10.0 Å². The predicted octanol–water partition coefficient (Wildman–Crippen LogP) is 3.83. The molecule has 0 fully saturated rings. The third-order valence-corrected chi connectivity index (χ3v) is 3.37. The van der Waals surface area contributed by atoms with Gasteiger partial charge in [-0.3, -0.25) is 4.79 Å². The molecule has 0 aliphatic carbocycles. The summed E-state index contributed by atoms with van der Waals surface area (Å²) in [6, 6.07) is 11.5. The SMILES string of the molecule is COC(=O)C(N)Cc1cccc(Oc2cc(Cl)cc(Cl)c2)c1. The first kappa shape index (κ1) is 16.6. The molecule has 0 saturated carbocycles. The lowest BCUT2D eigenvalue weighted by atomic mass is 10.1. The number of benzene rings is 2. The molecule has 0 bridgehead atoms. The van der Waals surface area contributed by atoms with Crippen LogP contribution in [-0.2, 0) is 16.0 Å². The van der Waals surface area contributed by atoms with E-state index in [2.05, 4.69) is 4.74 Å². The van der Waals surface area contributed by atoms with Gasteiger partial charge in [-0.15, -0.1) is 0 Å². The molecule has 0 aromatic heterocycles. The minimum Gasteiger partial charge on any atom is -0.468 e. The smallest absolute Gasteiger partial charge is 0.322 e. The molecule has 0 saturated heterocycles. The van der Waals surface area contributed by atoms with Crippen LogP contribution >= 0.6 is 23.2 Å². The minimum atomic E-state index is -0.708. The van der Waals surface area contributed by atoms with Crippen LogP contribution in [0.1, 0.15) is 5.56 Å². The largest absolute Gasteiger partial charge is 0.468 e. The van der Waals surface area contributed by atoms with E-state index in [4.69, 9.17) is 33.7 Å². The molecule has 1 atom stereocenters. The molecule has 0 amide bonds. The number of hydrogen-bond donors (Lipinski definition) is 1. The van der Waals surface area contributed by atoms with E-state index in [1.165, 1.54) is 7.11 Å². The zero-order valence-corrected chi connectivity index (χ0v) is 13.4. The second-order valence-corrected chi connectivity index (χ2v) is 5.56. The maximum absolute atomic E-state index is 11.4. The Hall–Kier alpha value is -1.75. The Bertz CT molecular complexity index is 656. The first-order valence-corrected chi connectivity index (χ1v) is 7.30. The van der Waals surface area contributed by atoms with E-state index in [9.17, 15) is 4.79 Å². The van der Waals surface area contributed by atoms with Crippen LogP contribution in [0.3, 0.4) is 0 Å². The van der Waals surface area contributed by atoms with Crippen LogP contribution < -0.4 is 10.5 Å². The number of nitrogens with two attached hydrogens (primary N) is 1. The lowest BCUT2D eigenvalue weighted by Gasteiger charge is -2.11. The summed E-state index contributed by atoms with van der Waals surface area (Å²) in [6.07, 6.45) is 0.361. The molecule has 2 rings (SSSR count). The Labute approximate surface area is 138 Å². The Morgan fingerprint density at radius 3 is 2.45 bits per heavy atom. The van der Waals surface area contributed by atoms with Crippen molar-refractivity contribution in [1.82, 2.24) is 0 Å². The lowest BCUT2D eigenvalue weighted by molar-refractivity contribution is -0.142. The number of carbonyl (C=O) groups excluding carboxylic acids is 1. The monoisotopic (exact) mass is 339 g/mol. The van der Waals surface area contributed by atoms with Gasteiger partial charge >= 0.3 is 5.97 Å². The summed E-state index contributed by atoms with van der Waals surface area (Å²) in [7, 11) is 1.31. The van der Waals surface area contributed by atoms with Crippen molar-refractivity contribution in [2.45, 2.75) is 12.5 Å². The van der Waals surface area contributed by atoms with E-state index in [1.807, 2.05) is 12.1 Å². The Balaban J connectivity index is 2.12. The summed E-state index contributed by atoms with van der Waals surface area (Å²) in [6.45, 7) is 0. The summed E-state index contributed by atoms with van der Waals surface area (Å²) in [5.41, 5.74) is 6.62. The fourth-order valence-electron chi connectivity index (χ4n) is 1.95. The van der Waals surface area contributed by atoms with Gasteiger partial charge in [-0.25, -0.2) is 0 Å². The van der Waals surface area contributed by atoms with Crippen LogP contribution in [0.4, 0.5) is 0 Å². The average Bonchev–Trinajstić information content (AvgIpc) is 2.45. The Morgan fingerprint density at radius 2 is 1.82 bits per heavy atom. The van der Waals surface area contributed by atoms with Crippen LogP contribution in [0.25, 0.3) is 0 Å². The highest BCUT2D eigenvalue weighted by molar-refractivity contribution is 6.34. The predicted molar refractivity (Wildman–Crippen MR) is 86.7 cm³/mol. The summed E-state index contributed by atoms with van der Waals surface area (Å²) in [5, 5.41) is 0.984. The molecule has 2 aromatic carbocycles. The van der Waals surface area contributed by atoms with Gasteiger partial charge < -0.3 is 15.2 Å². The van der Waals surface area contributed by atoms with Crippen molar-refractivity contribution in [2.24, 2.45) is 5.73 Å². The first-order chi connectivity index (χ1) is 10.5. The quantitative estimate of drug-likeness (QED) is 0.841. The fraction of sp³-hybridized carbons (Fsp3) is 0.188. The zero-order chi connectivity index (χ0) is 16.1. The second-order valence-electron chi connectivity index (χ2n) is 4.69. The number of rotatable bonds is 5. The number of esters is 1. The van der Waals surface area contributed by atoms with Crippen LogP contribution in [-0.4, -0.2) is 19.1 Å². The Morgan fingerprint density at radius 1 is 1.14 bits per heavy atom. The molecular weight excluding hydrogens is 325 g/mol. The van der Waals surface area contributed by atoms with Crippen LogP contribution in [0, 0.1) is 0 Å². The molecule has 0 spiro atoms. The van der Waals surface area contributed by atoms with Crippen molar-refractivity contribution in [1.29, 1.82) is 0 Å². The number of carbonyl (C=O) groups is 1. The molecule has 0 radical (unpaired) electrons. The van der Waals surface area contributed by atoms with Gasteiger partial charge in [-0.05, 0) is 42.3 Å². The van der Waals surface area contributed by atoms with Crippen molar-refractivity contribution in [2.75, 3.05) is 7.11 Å². The third kappa shape index (κ3) is 4.63. The van der Waals surface area contributed by atoms with E-state index < -0.39 is 12.0 Å². The number of hydrogen-bond acceptors (Lipinski definition) is 4. The normalized spacial score (nSPS) is 11.8. The van der Waals surface area contributed by atoms with Crippen molar-refractivity contribution in [3.63, 3.8) is 0 Å².